The van der Waals surface area contributed by atoms with Crippen molar-refractivity contribution >= 4 is 33.4 Å². The van der Waals surface area contributed by atoms with E-state index < -0.39 is 0 Å². The van der Waals surface area contributed by atoms with Gasteiger partial charge in [0.25, 0.3) is 0 Å². The lowest BCUT2D eigenvalue weighted by Gasteiger charge is -2.08. The van der Waals surface area contributed by atoms with E-state index in [0.29, 0.717) is 30.7 Å². The summed E-state index contributed by atoms with van der Waals surface area (Å²) in [6, 6.07) is 14.5. The fraction of sp³-hybridized carbons (Fsp3) is 0.391. The Bertz CT molecular complexity index is 741. The van der Waals surface area contributed by atoms with E-state index in [-0.39, 0.29) is 11.8 Å². The van der Waals surface area contributed by atoms with Crippen molar-refractivity contribution in [3.63, 3.8) is 0 Å². The van der Waals surface area contributed by atoms with Crippen LogP contribution in [0.15, 0.2) is 53.0 Å². The first-order valence-corrected chi connectivity index (χ1v) is 10.7. The fourth-order valence-electron chi connectivity index (χ4n) is 2.78. The topological polar surface area (TPSA) is 55.4 Å². The van der Waals surface area contributed by atoms with Crippen LogP contribution >= 0.6 is 15.9 Å². The maximum Gasteiger partial charge on any atom is 0.338 e. The van der Waals surface area contributed by atoms with Gasteiger partial charge in [-0.05, 0) is 42.8 Å². The quantitative estimate of drug-likeness (QED) is 0.238. The molecule has 0 aromatic heterocycles. The Kier molecular flexibility index (Phi) is 9.77. The molecule has 2 aromatic carbocycles. The zero-order chi connectivity index (χ0) is 20.2. The van der Waals surface area contributed by atoms with Crippen molar-refractivity contribution in [1.29, 1.82) is 0 Å². The van der Waals surface area contributed by atoms with Gasteiger partial charge in [0.15, 0.2) is 5.78 Å². The van der Waals surface area contributed by atoms with Crippen LogP contribution in [0.4, 0.5) is 5.69 Å². The molecule has 0 spiro atoms. The van der Waals surface area contributed by atoms with Gasteiger partial charge in [0.05, 0.1) is 12.2 Å². The van der Waals surface area contributed by atoms with Crippen molar-refractivity contribution in [1.82, 2.24) is 0 Å². The van der Waals surface area contributed by atoms with E-state index in [4.69, 9.17) is 4.74 Å². The number of hydrogen-bond donors (Lipinski definition) is 1. The zero-order valence-electron chi connectivity index (χ0n) is 16.4. The van der Waals surface area contributed by atoms with E-state index in [1.54, 1.807) is 12.1 Å². The summed E-state index contributed by atoms with van der Waals surface area (Å²) in [6.07, 6.45) is 6.05. The molecule has 0 aliphatic carbocycles. The highest BCUT2D eigenvalue weighted by Gasteiger charge is 2.08. The summed E-state index contributed by atoms with van der Waals surface area (Å²) in [6.45, 7) is 3.19. The van der Waals surface area contributed by atoms with E-state index in [0.717, 1.165) is 23.0 Å². The molecule has 0 aliphatic heterocycles. The zero-order valence-corrected chi connectivity index (χ0v) is 18.0. The van der Waals surface area contributed by atoms with Crippen LogP contribution in [0.1, 0.15) is 66.2 Å². The lowest BCUT2D eigenvalue weighted by molar-refractivity contribution is 0.0497. The second kappa shape index (κ2) is 12.3. The van der Waals surface area contributed by atoms with Gasteiger partial charge in [-0.15, -0.1) is 0 Å². The van der Waals surface area contributed by atoms with Gasteiger partial charge in [-0.1, -0.05) is 60.7 Å². The van der Waals surface area contributed by atoms with Gasteiger partial charge in [-0.3, -0.25) is 4.79 Å². The Morgan fingerprint density at radius 2 is 1.54 bits per heavy atom. The second-order valence-electron chi connectivity index (χ2n) is 6.73. The Hall–Kier alpha value is -2.14. The largest absolute Gasteiger partial charge is 0.462 e. The molecule has 4 nitrogen and oxygen atoms in total. The summed E-state index contributed by atoms with van der Waals surface area (Å²) < 4.78 is 6.27. The number of halogens is 1. The number of unbranched alkanes of at least 4 members (excludes halogenated alkanes) is 4. The molecule has 2 aromatic rings. The van der Waals surface area contributed by atoms with Crippen molar-refractivity contribution in [2.24, 2.45) is 0 Å². The van der Waals surface area contributed by atoms with E-state index in [9.17, 15) is 9.59 Å². The second-order valence-corrected chi connectivity index (χ2v) is 7.65. The first kappa shape index (κ1) is 22.2. The monoisotopic (exact) mass is 445 g/mol. The van der Waals surface area contributed by atoms with E-state index in [2.05, 4.69) is 28.2 Å². The van der Waals surface area contributed by atoms with Gasteiger partial charge >= 0.3 is 5.97 Å². The highest BCUT2D eigenvalue weighted by atomic mass is 79.9. The molecule has 0 fully saturated rings. The molecule has 0 atom stereocenters. The molecular formula is C23H28BrNO3. The van der Waals surface area contributed by atoms with Crippen LogP contribution in [-0.2, 0) is 4.74 Å². The van der Waals surface area contributed by atoms with Crippen LogP contribution in [0.5, 0.6) is 0 Å². The van der Waals surface area contributed by atoms with Crippen molar-refractivity contribution in [2.75, 3.05) is 18.5 Å². The van der Waals surface area contributed by atoms with Crippen molar-refractivity contribution in [2.45, 2.75) is 45.4 Å². The molecule has 0 aliphatic rings. The Morgan fingerprint density at radius 1 is 0.893 bits per heavy atom. The number of nitrogens with one attached hydrogen (secondary N) is 1. The maximum absolute atomic E-state index is 12.2. The maximum atomic E-state index is 12.2. The first-order chi connectivity index (χ1) is 13.6. The highest BCUT2D eigenvalue weighted by Crippen LogP contribution is 2.14. The predicted octanol–water partition coefficient (Wildman–Crippen LogP) is 6.26. The van der Waals surface area contributed by atoms with Gasteiger partial charge < -0.3 is 10.1 Å². The van der Waals surface area contributed by atoms with Crippen LogP contribution < -0.4 is 5.32 Å². The van der Waals surface area contributed by atoms with Crippen molar-refractivity contribution in [3.05, 3.63) is 64.1 Å². The summed E-state index contributed by atoms with van der Waals surface area (Å²) in [5.41, 5.74) is 2.13. The molecule has 0 bridgehead atoms. The van der Waals surface area contributed by atoms with E-state index in [1.807, 2.05) is 36.4 Å². The van der Waals surface area contributed by atoms with Crippen molar-refractivity contribution in [3.8, 4) is 0 Å². The number of hydrogen-bond acceptors (Lipinski definition) is 4. The molecular weight excluding hydrogens is 418 g/mol. The van der Waals surface area contributed by atoms with Gasteiger partial charge in [0, 0.05) is 28.7 Å². The minimum atomic E-state index is -0.285. The number of Topliss-reactive ketones (excluding diaryl/α,β-unsaturated/α-hetero) is 1. The number of esters is 1. The number of carbonyl (C=O) groups is 2. The average molecular weight is 446 g/mol. The summed E-state index contributed by atoms with van der Waals surface area (Å²) in [5, 5.41) is 3.21. The van der Waals surface area contributed by atoms with Crippen LogP contribution in [0.3, 0.4) is 0 Å². The van der Waals surface area contributed by atoms with Gasteiger partial charge in [-0.2, -0.15) is 0 Å². The average Bonchev–Trinajstić information content (AvgIpc) is 2.71. The number of ketones is 1. The normalized spacial score (nSPS) is 10.5. The number of anilines is 1. The third-order valence-electron chi connectivity index (χ3n) is 4.45. The molecule has 0 radical (unpaired) electrons. The van der Waals surface area contributed by atoms with E-state index >= 15 is 0 Å². The summed E-state index contributed by atoms with van der Waals surface area (Å²) in [7, 11) is 0. The Morgan fingerprint density at radius 3 is 2.21 bits per heavy atom. The molecule has 150 valence electrons. The number of carbonyl (C=O) groups excluding carboxylic acids is 2. The smallest absolute Gasteiger partial charge is 0.338 e. The third kappa shape index (κ3) is 7.85. The summed E-state index contributed by atoms with van der Waals surface area (Å²) >= 11 is 3.36. The molecule has 0 saturated carbocycles. The number of ether oxygens (including phenoxy) is 1. The highest BCUT2D eigenvalue weighted by molar-refractivity contribution is 9.10. The molecule has 0 heterocycles. The Balaban J connectivity index is 1.69. The standard InChI is InChI=1S/C23H28BrNO3/c1-2-3-4-5-6-17-28-23(27)19-9-13-21(14-10-19)25-16-15-22(26)18-7-11-20(24)12-8-18/h7-14,25H,2-6,15-17H2,1H3. The van der Waals surface area contributed by atoms with Gasteiger partial charge in [0.2, 0.25) is 0 Å². The van der Waals surface area contributed by atoms with Gasteiger partial charge in [0.1, 0.15) is 0 Å². The predicted molar refractivity (Wildman–Crippen MR) is 117 cm³/mol. The molecule has 2 rings (SSSR count). The summed E-state index contributed by atoms with van der Waals surface area (Å²) in [5.74, 6) is -0.188. The fourth-order valence-corrected chi connectivity index (χ4v) is 3.04. The van der Waals surface area contributed by atoms with Crippen molar-refractivity contribution < 1.29 is 14.3 Å². The SMILES string of the molecule is CCCCCCCOC(=O)c1ccc(NCCC(=O)c2ccc(Br)cc2)cc1. The Labute approximate surface area is 175 Å². The first-order valence-electron chi connectivity index (χ1n) is 9.90. The lowest BCUT2D eigenvalue weighted by Crippen LogP contribution is -2.09. The molecule has 28 heavy (non-hydrogen) atoms. The van der Waals surface area contributed by atoms with Crippen LogP contribution in [-0.4, -0.2) is 24.9 Å². The van der Waals surface area contributed by atoms with Crippen LogP contribution in [0.25, 0.3) is 0 Å². The molecule has 0 saturated heterocycles. The van der Waals surface area contributed by atoms with Crippen LogP contribution in [0, 0.1) is 0 Å². The number of benzene rings is 2. The number of rotatable bonds is 12. The lowest BCUT2D eigenvalue weighted by atomic mass is 10.1. The van der Waals surface area contributed by atoms with Gasteiger partial charge in [-0.25, -0.2) is 4.79 Å². The molecule has 0 unspecified atom stereocenters. The van der Waals surface area contributed by atoms with Crippen LogP contribution in [0.2, 0.25) is 0 Å². The molecule has 0 amide bonds. The molecule has 1 N–H and O–H groups in total. The minimum absolute atomic E-state index is 0.0964. The molecule has 5 heteroatoms. The minimum Gasteiger partial charge on any atom is -0.462 e. The summed E-state index contributed by atoms with van der Waals surface area (Å²) in [4.78, 5) is 24.2. The van der Waals surface area contributed by atoms with E-state index in [1.165, 1.54) is 19.3 Å². The third-order valence-corrected chi connectivity index (χ3v) is 4.98.